The predicted molar refractivity (Wildman–Crippen MR) is 99.0 cm³/mol. The molecule has 4 aliphatic rings. The molecule has 1 unspecified atom stereocenters. The Bertz CT molecular complexity index is 1200. The lowest BCUT2D eigenvalue weighted by Crippen LogP contribution is -2.22. The molecule has 0 bridgehead atoms. The molecule has 0 saturated carbocycles. The van der Waals surface area contributed by atoms with Crippen molar-refractivity contribution in [3.05, 3.63) is 87.5 Å². The van der Waals surface area contributed by atoms with Crippen LogP contribution in [0.25, 0.3) is 16.3 Å². The maximum absolute atomic E-state index is 12.3. The van der Waals surface area contributed by atoms with Crippen LogP contribution in [0.3, 0.4) is 0 Å². The molecule has 1 atom stereocenters. The van der Waals surface area contributed by atoms with Crippen LogP contribution in [0.15, 0.2) is 65.3 Å². The SMILES string of the molecule is CC1=C2CC=CC3=C2C(C=C1)c1ccc2c4c(ccc3c14)C(=O)OC2=O. The maximum atomic E-state index is 12.3. The topological polar surface area (TPSA) is 43.4 Å². The van der Waals surface area contributed by atoms with Gasteiger partial charge in [0.1, 0.15) is 0 Å². The average molecular weight is 338 g/mol. The number of carbonyl (C=O) groups excluding carboxylic acids is 2. The molecule has 2 aromatic rings. The molecule has 1 heterocycles. The monoisotopic (exact) mass is 338 g/mol. The summed E-state index contributed by atoms with van der Waals surface area (Å²) in [7, 11) is 0. The van der Waals surface area contributed by atoms with Gasteiger partial charge in [-0.1, -0.05) is 36.4 Å². The second kappa shape index (κ2) is 4.50. The molecule has 2 aromatic carbocycles. The van der Waals surface area contributed by atoms with E-state index in [2.05, 4.69) is 31.2 Å². The van der Waals surface area contributed by atoms with E-state index in [0.29, 0.717) is 11.1 Å². The molecule has 0 radical (unpaired) electrons. The third-order valence-electron chi connectivity index (χ3n) is 5.99. The van der Waals surface area contributed by atoms with E-state index in [0.717, 1.165) is 22.8 Å². The molecule has 124 valence electrons. The number of fused-ring (bicyclic) bond motifs is 2. The second-order valence-electron chi connectivity index (χ2n) is 7.22. The first-order valence-corrected chi connectivity index (χ1v) is 8.80. The zero-order valence-corrected chi connectivity index (χ0v) is 14.1. The van der Waals surface area contributed by atoms with Crippen LogP contribution in [0.4, 0.5) is 0 Å². The molecule has 3 nitrogen and oxygen atoms in total. The zero-order chi connectivity index (χ0) is 17.6. The van der Waals surface area contributed by atoms with E-state index >= 15 is 0 Å². The molecule has 3 heteroatoms. The van der Waals surface area contributed by atoms with Gasteiger partial charge in [-0.15, -0.1) is 0 Å². The Hall–Kier alpha value is -3.20. The van der Waals surface area contributed by atoms with Gasteiger partial charge >= 0.3 is 11.9 Å². The van der Waals surface area contributed by atoms with E-state index < -0.39 is 11.9 Å². The van der Waals surface area contributed by atoms with Crippen molar-refractivity contribution >= 4 is 28.3 Å². The Morgan fingerprint density at radius 2 is 1.65 bits per heavy atom. The zero-order valence-electron chi connectivity index (χ0n) is 14.1. The van der Waals surface area contributed by atoms with Crippen LogP contribution in [-0.4, -0.2) is 11.9 Å². The maximum Gasteiger partial charge on any atom is 0.346 e. The molecule has 0 saturated heterocycles. The molecule has 0 amide bonds. The summed E-state index contributed by atoms with van der Waals surface area (Å²) in [6.07, 6.45) is 9.77. The minimum atomic E-state index is -0.555. The highest BCUT2D eigenvalue weighted by Crippen LogP contribution is 2.52. The minimum absolute atomic E-state index is 0.165. The van der Waals surface area contributed by atoms with Crippen molar-refractivity contribution in [3.63, 3.8) is 0 Å². The van der Waals surface area contributed by atoms with Gasteiger partial charge in [0.25, 0.3) is 0 Å². The van der Waals surface area contributed by atoms with Gasteiger partial charge in [0.2, 0.25) is 0 Å². The Morgan fingerprint density at radius 3 is 2.46 bits per heavy atom. The normalized spacial score (nSPS) is 22.1. The van der Waals surface area contributed by atoms with Crippen molar-refractivity contribution < 1.29 is 14.3 Å². The minimum Gasteiger partial charge on any atom is -0.386 e. The summed E-state index contributed by atoms with van der Waals surface area (Å²) >= 11 is 0. The van der Waals surface area contributed by atoms with Crippen LogP contribution < -0.4 is 0 Å². The molecule has 0 fully saturated rings. The fourth-order valence-corrected chi connectivity index (χ4v) is 4.86. The van der Waals surface area contributed by atoms with Gasteiger partial charge in [0.15, 0.2) is 0 Å². The number of allylic oxidation sites excluding steroid dienone is 8. The smallest absolute Gasteiger partial charge is 0.346 e. The molecule has 0 spiro atoms. The Labute approximate surface area is 150 Å². The van der Waals surface area contributed by atoms with Crippen LogP contribution in [0.1, 0.15) is 51.1 Å². The van der Waals surface area contributed by atoms with Crippen LogP contribution in [0, 0.1) is 0 Å². The molecule has 3 aliphatic carbocycles. The van der Waals surface area contributed by atoms with Crippen molar-refractivity contribution in [3.8, 4) is 0 Å². The first-order chi connectivity index (χ1) is 12.6. The number of benzene rings is 2. The lowest BCUT2D eigenvalue weighted by Gasteiger charge is -2.35. The number of hydrogen-bond acceptors (Lipinski definition) is 3. The van der Waals surface area contributed by atoms with E-state index in [1.54, 1.807) is 6.07 Å². The standard InChI is InChI=1S/C23H14O3/c1-11-5-6-14-16-8-10-18-21-17(22(24)26-23(18)25)9-7-15(20(16)21)13-4-2-3-12(11)19(13)14/h2,4-10,14H,3H2,1H3. The van der Waals surface area contributed by atoms with Gasteiger partial charge in [-0.3, -0.25) is 0 Å². The van der Waals surface area contributed by atoms with Gasteiger partial charge in [0, 0.05) is 11.3 Å². The third kappa shape index (κ3) is 1.50. The lowest BCUT2D eigenvalue weighted by molar-refractivity contribution is 0.0391. The van der Waals surface area contributed by atoms with E-state index in [9.17, 15) is 9.59 Å². The van der Waals surface area contributed by atoms with Crippen molar-refractivity contribution in [1.82, 2.24) is 0 Å². The molecule has 26 heavy (non-hydrogen) atoms. The quantitative estimate of drug-likeness (QED) is 0.509. The molecular formula is C23H14O3. The number of cyclic esters (lactones) is 2. The van der Waals surface area contributed by atoms with Crippen molar-refractivity contribution in [2.24, 2.45) is 0 Å². The predicted octanol–water partition coefficient (Wildman–Crippen LogP) is 4.85. The summed E-state index contributed by atoms with van der Waals surface area (Å²) in [6.45, 7) is 2.16. The van der Waals surface area contributed by atoms with Crippen LogP contribution in [0.5, 0.6) is 0 Å². The molecular weight excluding hydrogens is 324 g/mol. The van der Waals surface area contributed by atoms with Gasteiger partial charge in [0.05, 0.1) is 11.1 Å². The van der Waals surface area contributed by atoms with Crippen molar-refractivity contribution in [2.75, 3.05) is 0 Å². The fraction of sp³-hybridized carbons (Fsp3) is 0.130. The molecule has 1 aliphatic heterocycles. The van der Waals surface area contributed by atoms with Gasteiger partial charge in [-0.25, -0.2) is 9.59 Å². The van der Waals surface area contributed by atoms with Crippen LogP contribution in [0.2, 0.25) is 0 Å². The molecule has 0 N–H and O–H groups in total. The highest BCUT2D eigenvalue weighted by atomic mass is 16.6. The molecule has 6 rings (SSSR count). The Morgan fingerprint density at radius 1 is 0.923 bits per heavy atom. The summed E-state index contributed by atoms with van der Waals surface area (Å²) in [5, 5.41) is 1.76. The third-order valence-corrected chi connectivity index (χ3v) is 5.99. The van der Waals surface area contributed by atoms with E-state index in [-0.39, 0.29) is 5.92 Å². The Kier molecular flexibility index (Phi) is 2.42. The number of hydrogen-bond donors (Lipinski definition) is 0. The van der Waals surface area contributed by atoms with Crippen LogP contribution in [-0.2, 0) is 4.74 Å². The van der Waals surface area contributed by atoms with Crippen molar-refractivity contribution in [1.29, 1.82) is 0 Å². The highest BCUT2D eigenvalue weighted by Gasteiger charge is 2.36. The first-order valence-electron chi connectivity index (χ1n) is 8.80. The number of carbonyl (C=O) groups is 2. The largest absolute Gasteiger partial charge is 0.386 e. The molecule has 0 aromatic heterocycles. The van der Waals surface area contributed by atoms with Crippen molar-refractivity contribution in [2.45, 2.75) is 19.3 Å². The number of esters is 2. The van der Waals surface area contributed by atoms with Gasteiger partial charge in [-0.2, -0.15) is 0 Å². The van der Waals surface area contributed by atoms with E-state index in [1.807, 2.05) is 18.2 Å². The summed E-state index contributed by atoms with van der Waals surface area (Å²) in [5.41, 5.74) is 8.52. The summed E-state index contributed by atoms with van der Waals surface area (Å²) in [6, 6.07) is 7.63. The van der Waals surface area contributed by atoms with Gasteiger partial charge < -0.3 is 4.74 Å². The summed E-state index contributed by atoms with van der Waals surface area (Å²) in [4.78, 5) is 24.5. The summed E-state index contributed by atoms with van der Waals surface area (Å²) in [5.74, 6) is -0.944. The second-order valence-corrected chi connectivity index (χ2v) is 7.22. The highest BCUT2D eigenvalue weighted by molar-refractivity contribution is 6.23. The van der Waals surface area contributed by atoms with Gasteiger partial charge in [-0.05, 0) is 64.3 Å². The lowest BCUT2D eigenvalue weighted by atomic mass is 9.68. The van der Waals surface area contributed by atoms with E-state index in [4.69, 9.17) is 4.74 Å². The Balaban J connectivity index is 1.82. The first kappa shape index (κ1) is 14.0. The summed E-state index contributed by atoms with van der Waals surface area (Å²) < 4.78 is 4.91. The fourth-order valence-electron chi connectivity index (χ4n) is 4.86. The number of rotatable bonds is 0. The van der Waals surface area contributed by atoms with Crippen LogP contribution >= 0.6 is 0 Å². The average Bonchev–Trinajstić information content (AvgIpc) is 2.66. The number of ether oxygens (including phenoxy) is 1. The van der Waals surface area contributed by atoms with E-state index in [1.165, 1.54) is 27.9 Å².